The molecule has 0 spiro atoms. The third-order valence-corrected chi connectivity index (χ3v) is 4.49. The molecule has 1 aromatic carbocycles. The van der Waals surface area contributed by atoms with Gasteiger partial charge in [0, 0.05) is 12.2 Å². The van der Waals surface area contributed by atoms with Crippen LogP contribution in [0.25, 0.3) is 0 Å². The molecular weight excluding hydrogens is 276 g/mol. The monoisotopic (exact) mass is 294 g/mol. The number of hydrogen-bond acceptors (Lipinski definition) is 4. The number of hydrogen-bond donors (Lipinski definition) is 2. The number of nitrogen functional groups attached to an aromatic ring is 1. The van der Waals surface area contributed by atoms with Crippen molar-refractivity contribution >= 4 is 21.4 Å². The zero-order chi connectivity index (χ0) is 14.9. The summed E-state index contributed by atoms with van der Waals surface area (Å²) in [6.45, 7) is 5.64. The van der Waals surface area contributed by atoms with E-state index in [1.807, 2.05) is 13.8 Å². The largest absolute Gasteiger partial charge is 0.398 e. The highest BCUT2D eigenvalue weighted by atomic mass is 32.2. The van der Waals surface area contributed by atoms with E-state index < -0.39 is 10.0 Å². The van der Waals surface area contributed by atoms with Crippen LogP contribution in [0.4, 0.5) is 11.4 Å². The van der Waals surface area contributed by atoms with E-state index in [1.54, 1.807) is 36.0 Å². The maximum absolute atomic E-state index is 12.4. The molecule has 20 heavy (non-hydrogen) atoms. The molecule has 0 bridgehead atoms. The van der Waals surface area contributed by atoms with E-state index in [-0.39, 0.29) is 16.6 Å². The number of sulfonamides is 1. The van der Waals surface area contributed by atoms with Gasteiger partial charge < -0.3 is 5.73 Å². The zero-order valence-electron chi connectivity index (χ0n) is 11.7. The SMILES string of the molecule is Cc1cccc(N)c1S(=O)(=O)Nc1cnn(C(C)C)c1. The van der Waals surface area contributed by atoms with Crippen LogP contribution in [-0.4, -0.2) is 18.2 Å². The lowest BCUT2D eigenvalue weighted by Gasteiger charge is -2.11. The number of rotatable bonds is 4. The van der Waals surface area contributed by atoms with Crippen molar-refractivity contribution in [3.63, 3.8) is 0 Å². The summed E-state index contributed by atoms with van der Waals surface area (Å²) in [7, 11) is -3.72. The maximum Gasteiger partial charge on any atom is 0.264 e. The molecule has 0 aliphatic heterocycles. The molecule has 1 heterocycles. The predicted molar refractivity (Wildman–Crippen MR) is 79.0 cm³/mol. The number of aromatic nitrogens is 2. The van der Waals surface area contributed by atoms with Crippen LogP contribution in [0, 0.1) is 6.92 Å². The second-order valence-electron chi connectivity index (χ2n) is 4.90. The minimum atomic E-state index is -3.72. The molecule has 0 fully saturated rings. The molecule has 2 rings (SSSR count). The van der Waals surface area contributed by atoms with Gasteiger partial charge in [0.2, 0.25) is 0 Å². The third-order valence-electron chi connectivity index (χ3n) is 2.89. The van der Waals surface area contributed by atoms with Crippen molar-refractivity contribution in [3.05, 3.63) is 36.2 Å². The minimum Gasteiger partial charge on any atom is -0.398 e. The summed E-state index contributed by atoms with van der Waals surface area (Å²) < 4.78 is 29.0. The topological polar surface area (TPSA) is 90.0 Å². The normalized spacial score (nSPS) is 11.8. The number of nitrogens with zero attached hydrogens (tertiary/aromatic N) is 2. The second-order valence-corrected chi connectivity index (χ2v) is 6.52. The van der Waals surface area contributed by atoms with Crippen LogP contribution >= 0.6 is 0 Å². The van der Waals surface area contributed by atoms with E-state index in [1.165, 1.54) is 6.20 Å². The first kappa shape index (κ1) is 14.4. The van der Waals surface area contributed by atoms with Gasteiger partial charge in [-0.3, -0.25) is 9.40 Å². The highest BCUT2D eigenvalue weighted by Gasteiger charge is 2.20. The summed E-state index contributed by atoms with van der Waals surface area (Å²) in [5.74, 6) is 0. The van der Waals surface area contributed by atoms with Crippen LogP contribution < -0.4 is 10.5 Å². The Hall–Kier alpha value is -2.02. The predicted octanol–water partition coefficient (Wildman–Crippen LogP) is 2.16. The Labute approximate surface area is 118 Å². The summed E-state index contributed by atoms with van der Waals surface area (Å²) in [6, 6.07) is 5.17. The molecule has 1 aromatic heterocycles. The number of benzene rings is 1. The molecule has 0 atom stereocenters. The fourth-order valence-corrected chi connectivity index (χ4v) is 3.31. The number of nitrogens with two attached hydrogens (primary N) is 1. The maximum atomic E-state index is 12.4. The molecule has 0 radical (unpaired) electrons. The van der Waals surface area contributed by atoms with Crippen LogP contribution in [0.15, 0.2) is 35.5 Å². The Morgan fingerprint density at radius 3 is 2.60 bits per heavy atom. The fraction of sp³-hybridized carbons (Fsp3) is 0.308. The van der Waals surface area contributed by atoms with E-state index in [4.69, 9.17) is 5.73 Å². The van der Waals surface area contributed by atoms with Gasteiger partial charge >= 0.3 is 0 Å². The van der Waals surface area contributed by atoms with Crippen LogP contribution in [0.1, 0.15) is 25.5 Å². The molecule has 0 amide bonds. The van der Waals surface area contributed by atoms with E-state index >= 15 is 0 Å². The first-order valence-electron chi connectivity index (χ1n) is 6.23. The third kappa shape index (κ3) is 2.77. The van der Waals surface area contributed by atoms with Gasteiger partial charge in [0.1, 0.15) is 4.90 Å². The van der Waals surface area contributed by atoms with Gasteiger partial charge in [-0.05, 0) is 32.4 Å². The Balaban J connectivity index is 2.36. The van der Waals surface area contributed by atoms with E-state index in [0.717, 1.165) is 0 Å². The Morgan fingerprint density at radius 2 is 2.05 bits per heavy atom. The van der Waals surface area contributed by atoms with Crippen molar-refractivity contribution < 1.29 is 8.42 Å². The van der Waals surface area contributed by atoms with Gasteiger partial charge in [0.15, 0.2) is 0 Å². The molecule has 6 nitrogen and oxygen atoms in total. The average molecular weight is 294 g/mol. The van der Waals surface area contributed by atoms with Crippen LogP contribution in [0.2, 0.25) is 0 Å². The molecule has 0 saturated heterocycles. The molecule has 2 aromatic rings. The van der Waals surface area contributed by atoms with Gasteiger partial charge in [0.25, 0.3) is 10.0 Å². The van der Waals surface area contributed by atoms with Gasteiger partial charge in [-0.1, -0.05) is 12.1 Å². The molecule has 108 valence electrons. The van der Waals surface area contributed by atoms with Gasteiger partial charge in [-0.2, -0.15) is 5.10 Å². The molecule has 0 saturated carbocycles. The van der Waals surface area contributed by atoms with Crippen molar-refractivity contribution in [2.75, 3.05) is 10.5 Å². The zero-order valence-corrected chi connectivity index (χ0v) is 12.5. The Bertz CT molecular complexity index is 699. The average Bonchev–Trinajstić information content (AvgIpc) is 2.76. The van der Waals surface area contributed by atoms with Crippen molar-refractivity contribution in [2.45, 2.75) is 31.7 Å². The van der Waals surface area contributed by atoms with Crippen LogP contribution in [-0.2, 0) is 10.0 Å². The molecule has 7 heteroatoms. The quantitative estimate of drug-likeness (QED) is 0.845. The number of nitrogens with one attached hydrogen (secondary N) is 1. The molecule has 0 unspecified atom stereocenters. The summed E-state index contributed by atoms with van der Waals surface area (Å²) in [6.07, 6.45) is 3.13. The van der Waals surface area contributed by atoms with E-state index in [2.05, 4.69) is 9.82 Å². The molecular formula is C13H18N4O2S. The van der Waals surface area contributed by atoms with Gasteiger partial charge in [-0.15, -0.1) is 0 Å². The van der Waals surface area contributed by atoms with Crippen molar-refractivity contribution in [2.24, 2.45) is 0 Å². The minimum absolute atomic E-state index is 0.109. The standard InChI is InChI=1S/C13H18N4O2S/c1-9(2)17-8-11(7-15-17)16-20(18,19)13-10(3)5-4-6-12(13)14/h4-9,16H,14H2,1-3H3. The van der Waals surface area contributed by atoms with Gasteiger partial charge in [0.05, 0.1) is 17.6 Å². The molecule has 0 aliphatic carbocycles. The number of anilines is 2. The summed E-state index contributed by atoms with van der Waals surface area (Å²) in [5, 5.41) is 4.10. The van der Waals surface area contributed by atoms with E-state index in [0.29, 0.717) is 11.3 Å². The van der Waals surface area contributed by atoms with Crippen molar-refractivity contribution in [1.29, 1.82) is 0 Å². The van der Waals surface area contributed by atoms with Crippen LogP contribution in [0.3, 0.4) is 0 Å². The van der Waals surface area contributed by atoms with Gasteiger partial charge in [-0.25, -0.2) is 8.42 Å². The first-order chi connectivity index (χ1) is 9.31. The lowest BCUT2D eigenvalue weighted by atomic mass is 10.2. The lowest BCUT2D eigenvalue weighted by Crippen LogP contribution is -2.16. The summed E-state index contributed by atoms with van der Waals surface area (Å²) >= 11 is 0. The molecule has 3 N–H and O–H groups in total. The smallest absolute Gasteiger partial charge is 0.264 e. The van der Waals surface area contributed by atoms with Crippen molar-refractivity contribution in [3.8, 4) is 0 Å². The highest BCUT2D eigenvalue weighted by Crippen LogP contribution is 2.24. The fourth-order valence-electron chi connectivity index (χ4n) is 1.92. The lowest BCUT2D eigenvalue weighted by molar-refractivity contribution is 0.532. The highest BCUT2D eigenvalue weighted by molar-refractivity contribution is 7.93. The Morgan fingerprint density at radius 1 is 1.35 bits per heavy atom. The van der Waals surface area contributed by atoms with E-state index in [9.17, 15) is 8.42 Å². The van der Waals surface area contributed by atoms with Crippen molar-refractivity contribution in [1.82, 2.24) is 9.78 Å². The summed E-state index contributed by atoms with van der Waals surface area (Å²) in [4.78, 5) is 0.109. The number of aryl methyl sites for hydroxylation is 1. The summed E-state index contributed by atoms with van der Waals surface area (Å²) in [5.41, 5.74) is 7.03. The van der Waals surface area contributed by atoms with Crippen LogP contribution in [0.5, 0.6) is 0 Å². The second kappa shape index (κ2) is 5.16. The first-order valence-corrected chi connectivity index (χ1v) is 7.71. The molecule has 0 aliphatic rings. The Kier molecular flexibility index (Phi) is 3.71.